The number of nitrogens with one attached hydrogen (secondary N) is 2. The predicted octanol–water partition coefficient (Wildman–Crippen LogP) is 3.87. The van der Waals surface area contributed by atoms with Crippen molar-refractivity contribution in [3.8, 4) is 5.75 Å². The van der Waals surface area contributed by atoms with Crippen molar-refractivity contribution in [2.24, 2.45) is 4.99 Å². The molecule has 27 heavy (non-hydrogen) atoms. The SMILES string of the molecule is C=CCOc1ccccc1CN=C(NCC)NCCc1ccc(C)nc1.I. The molecule has 5 nitrogen and oxygen atoms in total. The maximum absolute atomic E-state index is 5.69. The lowest BCUT2D eigenvalue weighted by Gasteiger charge is -2.12. The molecule has 0 fully saturated rings. The lowest BCUT2D eigenvalue weighted by molar-refractivity contribution is 0.359. The van der Waals surface area contributed by atoms with E-state index in [1.54, 1.807) is 6.08 Å². The number of pyridine rings is 1. The van der Waals surface area contributed by atoms with Crippen LogP contribution in [0.1, 0.15) is 23.7 Å². The van der Waals surface area contributed by atoms with E-state index in [0.717, 1.165) is 42.5 Å². The minimum atomic E-state index is 0. The lowest BCUT2D eigenvalue weighted by atomic mass is 10.2. The van der Waals surface area contributed by atoms with E-state index in [4.69, 9.17) is 4.74 Å². The van der Waals surface area contributed by atoms with E-state index in [1.807, 2.05) is 43.5 Å². The van der Waals surface area contributed by atoms with Crippen LogP contribution in [0.4, 0.5) is 0 Å². The molecule has 1 aromatic heterocycles. The topological polar surface area (TPSA) is 58.5 Å². The van der Waals surface area contributed by atoms with Gasteiger partial charge in [0.1, 0.15) is 12.4 Å². The van der Waals surface area contributed by atoms with Gasteiger partial charge in [0, 0.05) is 30.5 Å². The molecular weight excluding hydrogens is 451 g/mol. The summed E-state index contributed by atoms with van der Waals surface area (Å²) in [6.07, 6.45) is 4.57. The number of aryl methyl sites for hydroxylation is 1. The van der Waals surface area contributed by atoms with Gasteiger partial charge in [-0.25, -0.2) is 4.99 Å². The highest BCUT2D eigenvalue weighted by atomic mass is 127. The molecule has 2 rings (SSSR count). The minimum absolute atomic E-state index is 0. The third-order valence-corrected chi connectivity index (χ3v) is 3.76. The zero-order valence-corrected chi connectivity index (χ0v) is 18.4. The molecule has 0 unspecified atom stereocenters. The summed E-state index contributed by atoms with van der Waals surface area (Å²) in [5.74, 6) is 1.64. The van der Waals surface area contributed by atoms with Crippen LogP contribution in [-0.4, -0.2) is 30.6 Å². The Morgan fingerprint density at radius 3 is 2.74 bits per heavy atom. The lowest BCUT2D eigenvalue weighted by Crippen LogP contribution is -2.38. The molecular formula is C21H29IN4O. The summed E-state index contributed by atoms with van der Waals surface area (Å²) in [6.45, 7) is 10.4. The van der Waals surface area contributed by atoms with Crippen molar-refractivity contribution in [3.05, 3.63) is 72.1 Å². The molecule has 0 aliphatic rings. The van der Waals surface area contributed by atoms with Crippen molar-refractivity contribution >= 4 is 29.9 Å². The Morgan fingerprint density at radius 1 is 1.22 bits per heavy atom. The Morgan fingerprint density at radius 2 is 2.04 bits per heavy atom. The van der Waals surface area contributed by atoms with Gasteiger partial charge >= 0.3 is 0 Å². The van der Waals surface area contributed by atoms with Crippen molar-refractivity contribution in [1.82, 2.24) is 15.6 Å². The summed E-state index contributed by atoms with van der Waals surface area (Å²) >= 11 is 0. The number of halogens is 1. The molecule has 0 atom stereocenters. The standard InChI is InChI=1S/C21H28N4O.HI/c1-4-14-26-20-9-7-6-8-19(20)16-25-21(22-5-2)23-13-12-18-11-10-17(3)24-15-18;/h4,6-11,15H,1,5,12-14,16H2,2-3H3,(H2,22,23,25);1H. The highest BCUT2D eigenvalue weighted by Crippen LogP contribution is 2.18. The molecule has 0 bridgehead atoms. The zero-order valence-electron chi connectivity index (χ0n) is 16.1. The van der Waals surface area contributed by atoms with Crippen molar-refractivity contribution < 1.29 is 4.74 Å². The third-order valence-electron chi connectivity index (χ3n) is 3.76. The molecule has 0 saturated heterocycles. The summed E-state index contributed by atoms with van der Waals surface area (Å²) < 4.78 is 5.69. The number of hydrogen-bond donors (Lipinski definition) is 2. The van der Waals surface area contributed by atoms with Gasteiger partial charge in [-0.2, -0.15) is 0 Å². The first kappa shape index (κ1) is 23.0. The van der Waals surface area contributed by atoms with Crippen LogP contribution in [-0.2, 0) is 13.0 Å². The van der Waals surface area contributed by atoms with Gasteiger partial charge in [0.15, 0.2) is 5.96 Å². The second-order valence-corrected chi connectivity index (χ2v) is 5.89. The van der Waals surface area contributed by atoms with E-state index in [9.17, 15) is 0 Å². The van der Waals surface area contributed by atoms with Crippen molar-refractivity contribution in [2.75, 3.05) is 19.7 Å². The van der Waals surface area contributed by atoms with Crippen LogP contribution < -0.4 is 15.4 Å². The molecule has 0 saturated carbocycles. The van der Waals surface area contributed by atoms with Gasteiger partial charge < -0.3 is 15.4 Å². The van der Waals surface area contributed by atoms with Crippen LogP contribution in [0.5, 0.6) is 5.75 Å². The molecule has 0 aliphatic carbocycles. The predicted molar refractivity (Wildman–Crippen MR) is 123 cm³/mol. The van der Waals surface area contributed by atoms with Gasteiger partial charge in [-0.15, -0.1) is 24.0 Å². The number of nitrogens with zero attached hydrogens (tertiary/aromatic N) is 2. The first-order valence-corrected chi connectivity index (χ1v) is 8.98. The zero-order chi connectivity index (χ0) is 18.6. The summed E-state index contributed by atoms with van der Waals surface area (Å²) in [4.78, 5) is 9.00. The molecule has 0 aliphatic heterocycles. The average molecular weight is 480 g/mol. The van der Waals surface area contributed by atoms with E-state index < -0.39 is 0 Å². The van der Waals surface area contributed by atoms with Gasteiger partial charge in [0.2, 0.25) is 0 Å². The maximum atomic E-state index is 5.69. The fraction of sp³-hybridized carbons (Fsp3) is 0.333. The Hall–Kier alpha value is -2.09. The molecule has 146 valence electrons. The molecule has 1 heterocycles. The van der Waals surface area contributed by atoms with Crippen LogP contribution in [0.25, 0.3) is 0 Å². The largest absolute Gasteiger partial charge is 0.489 e. The van der Waals surface area contributed by atoms with E-state index in [-0.39, 0.29) is 24.0 Å². The number of rotatable bonds is 9. The van der Waals surface area contributed by atoms with Gasteiger partial charge in [-0.1, -0.05) is 36.9 Å². The second kappa shape index (κ2) is 13.1. The Balaban J connectivity index is 0.00000364. The minimum Gasteiger partial charge on any atom is -0.489 e. The first-order chi connectivity index (χ1) is 12.7. The van der Waals surface area contributed by atoms with Gasteiger partial charge in [-0.3, -0.25) is 4.98 Å². The third kappa shape index (κ3) is 8.43. The van der Waals surface area contributed by atoms with Crippen LogP contribution in [0.15, 0.2) is 60.2 Å². The number of aromatic nitrogens is 1. The fourth-order valence-corrected chi connectivity index (χ4v) is 2.40. The molecule has 6 heteroatoms. The maximum Gasteiger partial charge on any atom is 0.191 e. The smallest absolute Gasteiger partial charge is 0.191 e. The number of guanidine groups is 1. The van der Waals surface area contributed by atoms with Crippen molar-refractivity contribution in [3.63, 3.8) is 0 Å². The van der Waals surface area contributed by atoms with Crippen molar-refractivity contribution in [1.29, 1.82) is 0 Å². The molecule has 2 N–H and O–H groups in total. The first-order valence-electron chi connectivity index (χ1n) is 8.98. The quantitative estimate of drug-likeness (QED) is 0.248. The van der Waals surface area contributed by atoms with E-state index in [1.165, 1.54) is 5.56 Å². The molecule has 1 aromatic carbocycles. The number of aliphatic imine (C=N–C) groups is 1. The van der Waals surface area contributed by atoms with Gasteiger partial charge in [0.25, 0.3) is 0 Å². The Kier molecular flexibility index (Phi) is 11.2. The molecule has 2 aromatic rings. The molecule has 0 spiro atoms. The Labute approximate surface area is 179 Å². The normalized spacial score (nSPS) is 10.7. The van der Waals surface area contributed by atoms with Gasteiger partial charge in [0.05, 0.1) is 6.54 Å². The van der Waals surface area contributed by atoms with E-state index in [0.29, 0.717) is 13.2 Å². The number of benzene rings is 1. The van der Waals surface area contributed by atoms with Crippen LogP contribution >= 0.6 is 24.0 Å². The van der Waals surface area contributed by atoms with Crippen LogP contribution in [0, 0.1) is 6.92 Å². The Bertz CT molecular complexity index is 716. The monoisotopic (exact) mass is 480 g/mol. The fourth-order valence-electron chi connectivity index (χ4n) is 2.40. The van der Waals surface area contributed by atoms with E-state index >= 15 is 0 Å². The highest BCUT2D eigenvalue weighted by Gasteiger charge is 2.03. The number of hydrogen-bond acceptors (Lipinski definition) is 3. The summed E-state index contributed by atoms with van der Waals surface area (Å²) in [7, 11) is 0. The van der Waals surface area contributed by atoms with Crippen LogP contribution in [0.2, 0.25) is 0 Å². The van der Waals surface area contributed by atoms with Gasteiger partial charge in [-0.05, 0) is 38.0 Å². The summed E-state index contributed by atoms with van der Waals surface area (Å²) in [5.41, 5.74) is 3.30. The second-order valence-electron chi connectivity index (χ2n) is 5.89. The van der Waals surface area contributed by atoms with E-state index in [2.05, 4.69) is 40.2 Å². The van der Waals surface area contributed by atoms with Crippen molar-refractivity contribution in [2.45, 2.75) is 26.8 Å². The highest BCUT2D eigenvalue weighted by molar-refractivity contribution is 14.0. The molecule has 0 amide bonds. The summed E-state index contributed by atoms with van der Waals surface area (Å²) in [6, 6.07) is 12.1. The number of ether oxygens (including phenoxy) is 1. The molecule has 0 radical (unpaired) electrons. The number of para-hydroxylation sites is 1. The van der Waals surface area contributed by atoms with Crippen LogP contribution in [0.3, 0.4) is 0 Å². The summed E-state index contributed by atoms with van der Waals surface area (Å²) in [5, 5.41) is 6.65. The average Bonchev–Trinajstić information content (AvgIpc) is 2.66.